The molecule has 0 saturated carbocycles. The summed E-state index contributed by atoms with van der Waals surface area (Å²) < 4.78 is 9.66. The molecule has 0 atom stereocenters. The van der Waals surface area contributed by atoms with Gasteiger partial charge >= 0.3 is 0 Å². The highest BCUT2D eigenvalue weighted by molar-refractivity contribution is 5.98. The van der Waals surface area contributed by atoms with Gasteiger partial charge in [0.1, 0.15) is 17.6 Å². The van der Waals surface area contributed by atoms with Crippen LogP contribution in [0.2, 0.25) is 0 Å². The fourth-order valence-corrected chi connectivity index (χ4v) is 2.09. The monoisotopic (exact) mass is 313 g/mol. The van der Waals surface area contributed by atoms with E-state index in [1.807, 2.05) is 18.2 Å². The number of benzene rings is 2. The predicted octanol–water partition coefficient (Wildman–Crippen LogP) is 2.88. The van der Waals surface area contributed by atoms with Crippen molar-refractivity contribution in [2.24, 2.45) is 5.16 Å². The van der Waals surface area contributed by atoms with Crippen LogP contribution in [0.15, 0.2) is 46.2 Å². The summed E-state index contributed by atoms with van der Waals surface area (Å²) in [5, 5.41) is 21.4. The number of phenols is 1. The molecular weight excluding hydrogens is 298 g/mol. The Morgan fingerprint density at radius 3 is 2.78 bits per heavy atom. The molecule has 118 valence electrons. The van der Waals surface area contributed by atoms with E-state index in [-0.39, 0.29) is 5.75 Å². The van der Waals surface area contributed by atoms with Gasteiger partial charge in [0.25, 0.3) is 0 Å². The average Bonchev–Trinajstić information content (AvgIpc) is 3.02. The summed E-state index contributed by atoms with van der Waals surface area (Å²) in [6.45, 7) is 2.09. The molecule has 0 unspecified atom stereocenters. The van der Waals surface area contributed by atoms with Crippen molar-refractivity contribution >= 4 is 16.7 Å². The Kier molecular flexibility index (Phi) is 4.09. The zero-order chi connectivity index (χ0) is 16.2. The molecule has 7 heteroatoms. The Hall–Kier alpha value is -3.09. The molecule has 0 bridgehead atoms. The van der Waals surface area contributed by atoms with E-state index in [1.165, 1.54) is 7.11 Å². The fraction of sp³-hybridized carbons (Fsp3) is 0.188. The van der Waals surface area contributed by atoms with Crippen LogP contribution in [0.1, 0.15) is 18.1 Å². The smallest absolute Gasteiger partial charge is 0.160 e. The van der Waals surface area contributed by atoms with Crippen LogP contribution < -0.4 is 4.74 Å². The Balaban J connectivity index is 1.68. The first-order valence-corrected chi connectivity index (χ1v) is 6.92. The lowest BCUT2D eigenvalue weighted by atomic mass is 10.1. The van der Waals surface area contributed by atoms with Crippen LogP contribution in [0.4, 0.5) is 0 Å². The van der Waals surface area contributed by atoms with E-state index in [4.69, 9.17) is 9.57 Å². The van der Waals surface area contributed by atoms with Gasteiger partial charge in [0.05, 0.1) is 12.8 Å². The number of oxime groups is 1. The van der Waals surface area contributed by atoms with Gasteiger partial charge in [0, 0.05) is 5.56 Å². The molecular formula is C16H15N3O4. The molecule has 3 rings (SSSR count). The number of hydrogen-bond donors (Lipinski definition) is 1. The van der Waals surface area contributed by atoms with Crippen molar-refractivity contribution in [3.05, 3.63) is 47.5 Å². The number of ether oxygens (including phenoxy) is 1. The SMILES string of the molecule is COc1ccc(/C(C)=N/OCc2ccc3nonc3c2)cc1O. The minimum Gasteiger partial charge on any atom is -0.504 e. The average molecular weight is 313 g/mol. The van der Waals surface area contributed by atoms with Crippen LogP contribution in [-0.2, 0) is 11.4 Å². The van der Waals surface area contributed by atoms with Gasteiger partial charge in [-0.2, -0.15) is 0 Å². The number of rotatable bonds is 5. The van der Waals surface area contributed by atoms with Crippen LogP contribution >= 0.6 is 0 Å². The lowest BCUT2D eigenvalue weighted by Gasteiger charge is -2.06. The molecule has 0 spiro atoms. The van der Waals surface area contributed by atoms with Gasteiger partial charge in [0.2, 0.25) is 0 Å². The van der Waals surface area contributed by atoms with Crippen molar-refractivity contribution < 1.29 is 19.3 Å². The largest absolute Gasteiger partial charge is 0.504 e. The van der Waals surface area contributed by atoms with Crippen LogP contribution in [0.5, 0.6) is 11.5 Å². The number of fused-ring (bicyclic) bond motifs is 1. The second-order valence-corrected chi connectivity index (χ2v) is 4.92. The van der Waals surface area contributed by atoms with Gasteiger partial charge in [-0.1, -0.05) is 11.2 Å². The molecule has 7 nitrogen and oxygen atoms in total. The molecule has 0 aliphatic heterocycles. The van der Waals surface area contributed by atoms with Crippen LogP contribution in [0.25, 0.3) is 11.0 Å². The summed E-state index contributed by atoms with van der Waals surface area (Å²) in [6.07, 6.45) is 0. The third kappa shape index (κ3) is 3.23. The van der Waals surface area contributed by atoms with Crippen LogP contribution in [-0.4, -0.2) is 28.2 Å². The first-order valence-electron chi connectivity index (χ1n) is 6.92. The minimum absolute atomic E-state index is 0.0588. The molecule has 0 amide bonds. The van der Waals surface area contributed by atoms with Crippen molar-refractivity contribution in [2.45, 2.75) is 13.5 Å². The molecule has 0 radical (unpaired) electrons. The zero-order valence-corrected chi connectivity index (χ0v) is 12.7. The number of hydrogen-bond acceptors (Lipinski definition) is 7. The minimum atomic E-state index is 0.0588. The summed E-state index contributed by atoms with van der Waals surface area (Å²) in [5.41, 5.74) is 3.67. The number of aromatic hydroxyl groups is 1. The number of nitrogens with zero attached hydrogens (tertiary/aromatic N) is 3. The summed E-state index contributed by atoms with van der Waals surface area (Å²) in [4.78, 5) is 5.35. The highest BCUT2D eigenvalue weighted by atomic mass is 16.6. The fourth-order valence-electron chi connectivity index (χ4n) is 2.09. The van der Waals surface area contributed by atoms with Gasteiger partial charge in [0.15, 0.2) is 11.5 Å². The second-order valence-electron chi connectivity index (χ2n) is 4.92. The Morgan fingerprint density at radius 1 is 1.17 bits per heavy atom. The van der Waals surface area contributed by atoms with E-state index < -0.39 is 0 Å². The Bertz CT molecular complexity index is 857. The van der Waals surface area contributed by atoms with E-state index in [0.29, 0.717) is 29.1 Å². The van der Waals surface area contributed by atoms with Crippen molar-refractivity contribution in [3.8, 4) is 11.5 Å². The molecule has 1 aromatic heterocycles. The van der Waals surface area contributed by atoms with Crippen molar-refractivity contribution in [3.63, 3.8) is 0 Å². The molecule has 0 aliphatic rings. The lowest BCUT2D eigenvalue weighted by Crippen LogP contribution is -1.97. The summed E-state index contributed by atoms with van der Waals surface area (Å²) in [7, 11) is 1.50. The van der Waals surface area contributed by atoms with Gasteiger partial charge in [-0.15, -0.1) is 0 Å². The highest BCUT2D eigenvalue weighted by Crippen LogP contribution is 2.26. The van der Waals surface area contributed by atoms with Gasteiger partial charge in [-0.25, -0.2) is 4.63 Å². The van der Waals surface area contributed by atoms with E-state index >= 15 is 0 Å². The third-order valence-corrected chi connectivity index (χ3v) is 3.35. The van der Waals surface area contributed by atoms with E-state index in [2.05, 4.69) is 20.1 Å². The summed E-state index contributed by atoms with van der Waals surface area (Å²) in [6, 6.07) is 10.6. The van der Waals surface area contributed by atoms with Crippen molar-refractivity contribution in [2.75, 3.05) is 7.11 Å². The molecule has 1 heterocycles. The molecule has 1 N–H and O–H groups in total. The molecule has 2 aromatic carbocycles. The topological polar surface area (TPSA) is 90.0 Å². The molecule has 3 aromatic rings. The van der Waals surface area contributed by atoms with E-state index in [0.717, 1.165) is 11.1 Å². The van der Waals surface area contributed by atoms with Gasteiger partial charge in [-0.05, 0) is 53.1 Å². The quantitative estimate of drug-likeness (QED) is 0.575. The van der Waals surface area contributed by atoms with Crippen molar-refractivity contribution in [1.82, 2.24) is 10.3 Å². The number of phenolic OH excluding ortho intramolecular Hbond substituents is 1. The molecule has 0 aliphatic carbocycles. The molecule has 0 saturated heterocycles. The van der Waals surface area contributed by atoms with Crippen LogP contribution in [0, 0.1) is 0 Å². The van der Waals surface area contributed by atoms with Crippen LogP contribution in [0.3, 0.4) is 0 Å². The highest BCUT2D eigenvalue weighted by Gasteiger charge is 2.06. The number of methoxy groups -OCH3 is 1. The van der Waals surface area contributed by atoms with Gasteiger partial charge < -0.3 is 14.7 Å². The predicted molar refractivity (Wildman–Crippen MR) is 83.5 cm³/mol. The summed E-state index contributed by atoms with van der Waals surface area (Å²) in [5.74, 6) is 0.473. The first kappa shape index (κ1) is 14.8. The lowest BCUT2D eigenvalue weighted by molar-refractivity contribution is 0.130. The standard InChI is InChI=1S/C16H15N3O4/c1-10(12-4-6-16(21-2)15(20)8-12)17-22-9-11-3-5-13-14(7-11)19-23-18-13/h3-8,20H,9H2,1-2H3/b17-10+. The van der Waals surface area contributed by atoms with Crippen molar-refractivity contribution in [1.29, 1.82) is 0 Å². The number of aromatic nitrogens is 2. The maximum Gasteiger partial charge on any atom is 0.160 e. The van der Waals surface area contributed by atoms with Gasteiger partial charge in [-0.3, -0.25) is 0 Å². The maximum atomic E-state index is 9.78. The third-order valence-electron chi connectivity index (χ3n) is 3.35. The zero-order valence-electron chi connectivity index (χ0n) is 12.7. The summed E-state index contributed by atoms with van der Waals surface area (Å²) >= 11 is 0. The molecule has 23 heavy (non-hydrogen) atoms. The second kappa shape index (κ2) is 6.35. The Labute approximate surface area is 132 Å². The maximum absolute atomic E-state index is 9.78. The molecule has 0 fully saturated rings. The van der Waals surface area contributed by atoms with E-state index in [9.17, 15) is 5.11 Å². The van der Waals surface area contributed by atoms with E-state index in [1.54, 1.807) is 25.1 Å². The Morgan fingerprint density at radius 2 is 2.00 bits per heavy atom. The first-order chi connectivity index (χ1) is 11.2. The normalized spacial score (nSPS) is 11.7.